The number of carbonyl (C=O) groups is 1. The monoisotopic (exact) mass is 292 g/mol. The van der Waals surface area contributed by atoms with E-state index in [0.29, 0.717) is 5.56 Å². The molecular weight excluding hydrogens is 284 g/mol. The number of ether oxygens (including phenoxy) is 1. The van der Waals surface area contributed by atoms with E-state index in [1.807, 2.05) is 0 Å². The van der Waals surface area contributed by atoms with Crippen LogP contribution in [-0.2, 0) is 0 Å². The number of halogens is 1. The van der Waals surface area contributed by atoms with Crippen LogP contribution < -0.4 is 4.74 Å². The summed E-state index contributed by atoms with van der Waals surface area (Å²) < 4.78 is 5.39. The fourth-order valence-corrected chi connectivity index (χ4v) is 1.64. The van der Waals surface area contributed by atoms with Gasteiger partial charge in [-0.05, 0) is 19.1 Å². The summed E-state index contributed by atoms with van der Waals surface area (Å²) >= 11 is 5.91. The highest BCUT2D eigenvalue weighted by molar-refractivity contribution is 6.32. The third kappa shape index (κ3) is 3.10. The summed E-state index contributed by atoms with van der Waals surface area (Å²) in [6, 6.07) is 6.82. The minimum atomic E-state index is -0.553. The zero-order valence-corrected chi connectivity index (χ0v) is 11.1. The van der Waals surface area contributed by atoms with Gasteiger partial charge in [0.25, 0.3) is 5.69 Å². The Hall–Kier alpha value is -2.47. The van der Waals surface area contributed by atoms with Gasteiger partial charge >= 0.3 is 0 Å². The molecule has 0 saturated carbocycles. The standard InChI is InChI=1S/C13H9ClN2O4/c1-8(17)9-4-5-15-13(6-9)20-12-7-10(16(18)19)2-3-11(12)14/h2-7H,1H3. The zero-order valence-electron chi connectivity index (χ0n) is 10.4. The van der Waals surface area contributed by atoms with Gasteiger partial charge in [0.15, 0.2) is 11.5 Å². The van der Waals surface area contributed by atoms with Gasteiger partial charge in [-0.2, -0.15) is 0 Å². The van der Waals surface area contributed by atoms with E-state index in [-0.39, 0.29) is 28.1 Å². The highest BCUT2D eigenvalue weighted by atomic mass is 35.5. The van der Waals surface area contributed by atoms with Crippen LogP contribution in [0.3, 0.4) is 0 Å². The van der Waals surface area contributed by atoms with Gasteiger partial charge in [0.1, 0.15) is 0 Å². The molecule has 1 heterocycles. The molecule has 0 saturated heterocycles. The Morgan fingerprint density at radius 3 is 2.75 bits per heavy atom. The number of hydrogen-bond donors (Lipinski definition) is 0. The molecule has 0 bridgehead atoms. The van der Waals surface area contributed by atoms with Gasteiger partial charge < -0.3 is 4.74 Å². The van der Waals surface area contributed by atoms with E-state index in [1.165, 1.54) is 37.4 Å². The van der Waals surface area contributed by atoms with Crippen molar-refractivity contribution in [3.63, 3.8) is 0 Å². The second-order valence-electron chi connectivity index (χ2n) is 3.91. The third-order valence-electron chi connectivity index (χ3n) is 2.48. The summed E-state index contributed by atoms with van der Waals surface area (Å²) in [5, 5.41) is 10.9. The Morgan fingerprint density at radius 2 is 2.10 bits per heavy atom. The average molecular weight is 293 g/mol. The third-order valence-corrected chi connectivity index (χ3v) is 2.79. The van der Waals surface area contributed by atoms with Crippen molar-refractivity contribution in [1.82, 2.24) is 4.98 Å². The Balaban J connectivity index is 2.34. The molecule has 0 spiro atoms. The zero-order chi connectivity index (χ0) is 14.7. The van der Waals surface area contributed by atoms with Crippen molar-refractivity contribution in [2.45, 2.75) is 6.92 Å². The van der Waals surface area contributed by atoms with Crippen LogP contribution in [0.15, 0.2) is 36.5 Å². The van der Waals surface area contributed by atoms with Gasteiger partial charge in [-0.15, -0.1) is 0 Å². The molecule has 7 heteroatoms. The number of nitro benzene ring substituents is 1. The molecule has 2 aromatic rings. The number of benzene rings is 1. The molecule has 102 valence electrons. The lowest BCUT2D eigenvalue weighted by Gasteiger charge is -2.07. The number of carbonyl (C=O) groups excluding carboxylic acids is 1. The van der Waals surface area contributed by atoms with E-state index in [1.54, 1.807) is 6.07 Å². The second kappa shape index (κ2) is 5.66. The number of Topliss-reactive ketones (excluding diaryl/α,β-unsaturated/α-hetero) is 1. The second-order valence-corrected chi connectivity index (χ2v) is 4.32. The first kappa shape index (κ1) is 14.0. The molecule has 1 aromatic carbocycles. The van der Waals surface area contributed by atoms with Gasteiger partial charge in [0.2, 0.25) is 5.88 Å². The minimum absolute atomic E-state index is 0.106. The lowest BCUT2D eigenvalue weighted by atomic mass is 10.2. The van der Waals surface area contributed by atoms with Gasteiger partial charge in [-0.3, -0.25) is 14.9 Å². The minimum Gasteiger partial charge on any atom is -0.437 e. The molecule has 0 aliphatic carbocycles. The smallest absolute Gasteiger partial charge is 0.273 e. The summed E-state index contributed by atoms with van der Waals surface area (Å²) in [6.45, 7) is 1.42. The molecule has 2 rings (SSSR count). The first-order valence-corrected chi connectivity index (χ1v) is 5.94. The predicted octanol–water partition coefficient (Wildman–Crippen LogP) is 3.64. The Labute approximate surface area is 119 Å². The number of rotatable bonds is 4. The van der Waals surface area contributed by atoms with Crippen molar-refractivity contribution in [3.8, 4) is 11.6 Å². The van der Waals surface area contributed by atoms with E-state index in [2.05, 4.69) is 4.98 Å². The molecule has 0 fully saturated rings. The summed E-state index contributed by atoms with van der Waals surface area (Å²) in [4.78, 5) is 25.3. The maximum atomic E-state index is 11.3. The number of pyridine rings is 1. The maximum Gasteiger partial charge on any atom is 0.273 e. The Bertz CT molecular complexity index is 688. The highest BCUT2D eigenvalue weighted by Crippen LogP contribution is 2.32. The number of ketones is 1. The molecule has 20 heavy (non-hydrogen) atoms. The van der Waals surface area contributed by atoms with Crippen molar-refractivity contribution in [2.75, 3.05) is 0 Å². The molecule has 0 unspecified atom stereocenters. The van der Waals surface area contributed by atoms with Gasteiger partial charge in [0, 0.05) is 23.9 Å². The topological polar surface area (TPSA) is 82.3 Å². The lowest BCUT2D eigenvalue weighted by molar-refractivity contribution is -0.384. The van der Waals surface area contributed by atoms with E-state index >= 15 is 0 Å². The van der Waals surface area contributed by atoms with Crippen LogP contribution in [0, 0.1) is 10.1 Å². The Morgan fingerprint density at radius 1 is 1.35 bits per heavy atom. The van der Waals surface area contributed by atoms with Crippen molar-refractivity contribution >= 4 is 23.1 Å². The average Bonchev–Trinajstić information content (AvgIpc) is 2.41. The van der Waals surface area contributed by atoms with Crippen LogP contribution >= 0.6 is 11.6 Å². The first-order valence-electron chi connectivity index (χ1n) is 5.56. The van der Waals surface area contributed by atoms with E-state index in [0.717, 1.165) is 0 Å². The van der Waals surface area contributed by atoms with Gasteiger partial charge in [0.05, 0.1) is 16.0 Å². The molecule has 6 nitrogen and oxygen atoms in total. The number of nitro groups is 1. The van der Waals surface area contributed by atoms with E-state index in [4.69, 9.17) is 16.3 Å². The number of hydrogen-bond acceptors (Lipinski definition) is 5. The Kier molecular flexibility index (Phi) is 3.95. The molecule has 1 aromatic heterocycles. The lowest BCUT2D eigenvalue weighted by Crippen LogP contribution is -1.96. The van der Waals surface area contributed by atoms with E-state index in [9.17, 15) is 14.9 Å². The molecule has 0 atom stereocenters. The first-order chi connectivity index (χ1) is 9.47. The maximum absolute atomic E-state index is 11.3. The van der Waals surface area contributed by atoms with Crippen LogP contribution in [0.25, 0.3) is 0 Å². The molecule has 0 amide bonds. The summed E-state index contributed by atoms with van der Waals surface area (Å²) in [6.07, 6.45) is 1.41. The molecule has 0 aliphatic rings. The summed E-state index contributed by atoms with van der Waals surface area (Å²) in [7, 11) is 0. The molecule has 0 N–H and O–H groups in total. The van der Waals surface area contributed by atoms with Crippen LogP contribution in [-0.4, -0.2) is 15.7 Å². The van der Waals surface area contributed by atoms with Crippen molar-refractivity contribution < 1.29 is 14.5 Å². The largest absolute Gasteiger partial charge is 0.437 e. The number of aromatic nitrogens is 1. The van der Waals surface area contributed by atoms with E-state index < -0.39 is 4.92 Å². The van der Waals surface area contributed by atoms with Crippen LogP contribution in [0.4, 0.5) is 5.69 Å². The SMILES string of the molecule is CC(=O)c1ccnc(Oc2cc([N+](=O)[O-])ccc2Cl)c1. The quantitative estimate of drug-likeness (QED) is 0.488. The molecule has 0 radical (unpaired) electrons. The van der Waals surface area contributed by atoms with Crippen molar-refractivity contribution in [2.24, 2.45) is 0 Å². The molecular formula is C13H9ClN2O4. The summed E-state index contributed by atoms with van der Waals surface area (Å²) in [5.41, 5.74) is 0.281. The van der Waals surface area contributed by atoms with Crippen LogP contribution in [0.2, 0.25) is 5.02 Å². The van der Waals surface area contributed by atoms with Crippen LogP contribution in [0.5, 0.6) is 11.6 Å². The van der Waals surface area contributed by atoms with Gasteiger partial charge in [-0.1, -0.05) is 11.6 Å². The molecule has 0 aliphatic heterocycles. The van der Waals surface area contributed by atoms with Crippen LogP contribution in [0.1, 0.15) is 17.3 Å². The fourth-order valence-electron chi connectivity index (χ4n) is 1.48. The van der Waals surface area contributed by atoms with Crippen molar-refractivity contribution in [1.29, 1.82) is 0 Å². The number of nitrogens with zero attached hydrogens (tertiary/aromatic N) is 2. The number of non-ortho nitro benzene ring substituents is 1. The predicted molar refractivity (Wildman–Crippen MR) is 72.4 cm³/mol. The van der Waals surface area contributed by atoms with Crippen molar-refractivity contribution in [3.05, 3.63) is 57.2 Å². The normalized spacial score (nSPS) is 10.1. The summed E-state index contributed by atoms with van der Waals surface area (Å²) in [5.74, 6) is 0.108. The fraction of sp³-hybridized carbons (Fsp3) is 0.0769. The highest BCUT2D eigenvalue weighted by Gasteiger charge is 2.12. The van der Waals surface area contributed by atoms with Gasteiger partial charge in [-0.25, -0.2) is 4.98 Å².